The highest BCUT2D eigenvalue weighted by molar-refractivity contribution is 7.86. The lowest BCUT2D eigenvalue weighted by Crippen LogP contribution is -2.37. The van der Waals surface area contributed by atoms with Gasteiger partial charge in [-0.25, -0.2) is 0 Å². The Kier molecular flexibility index (Phi) is 4.07. The van der Waals surface area contributed by atoms with Crippen molar-refractivity contribution in [2.45, 2.75) is 13.5 Å². The molecule has 1 aromatic carbocycles. The van der Waals surface area contributed by atoms with Gasteiger partial charge in [-0.05, 0) is 18.1 Å². The topological polar surface area (TPSA) is 40.6 Å². The summed E-state index contributed by atoms with van der Waals surface area (Å²) in [7, 11) is 1.32. The Bertz CT molecular complexity index is 455. The lowest BCUT2D eigenvalue weighted by molar-refractivity contribution is 0.414. The fourth-order valence-electron chi connectivity index (χ4n) is 1.39. The maximum atomic E-state index is 11.8. The van der Waals surface area contributed by atoms with Gasteiger partial charge in [-0.1, -0.05) is 24.3 Å². The number of hydrogen-bond donors (Lipinski definition) is 0. The molecule has 0 saturated heterocycles. The first-order valence-electron chi connectivity index (χ1n) is 5.04. The van der Waals surface area contributed by atoms with Crippen LogP contribution in [-0.4, -0.2) is 38.2 Å². The summed E-state index contributed by atoms with van der Waals surface area (Å²) < 4.78 is 26.2. The first kappa shape index (κ1) is 13.2. The molecule has 0 atom stereocenters. The third kappa shape index (κ3) is 2.81. The van der Waals surface area contributed by atoms with Gasteiger partial charge in [0.05, 0.1) is 0 Å². The Morgan fingerprint density at radius 1 is 1.12 bits per heavy atom. The van der Waals surface area contributed by atoms with Gasteiger partial charge in [-0.15, -0.1) is 0 Å². The van der Waals surface area contributed by atoms with Crippen molar-refractivity contribution in [2.24, 2.45) is 0 Å². The number of hydrogen-bond acceptors (Lipinski definition) is 2. The van der Waals surface area contributed by atoms with Crippen LogP contribution >= 0.6 is 0 Å². The molecular formula is C11H18N2O2S. The summed E-state index contributed by atoms with van der Waals surface area (Å²) >= 11 is 0. The van der Waals surface area contributed by atoms with Crippen molar-refractivity contribution in [3.8, 4) is 0 Å². The molecule has 0 saturated carbocycles. The Morgan fingerprint density at radius 2 is 1.69 bits per heavy atom. The van der Waals surface area contributed by atoms with E-state index in [0.29, 0.717) is 6.54 Å². The average Bonchev–Trinajstić information content (AvgIpc) is 2.21. The van der Waals surface area contributed by atoms with E-state index in [1.54, 1.807) is 7.05 Å². The van der Waals surface area contributed by atoms with Gasteiger partial charge in [0, 0.05) is 27.7 Å². The second-order valence-electron chi connectivity index (χ2n) is 3.97. The van der Waals surface area contributed by atoms with Crippen molar-refractivity contribution in [1.82, 2.24) is 8.61 Å². The van der Waals surface area contributed by atoms with E-state index in [1.807, 2.05) is 31.2 Å². The molecule has 1 rings (SSSR count). The number of rotatable bonds is 4. The summed E-state index contributed by atoms with van der Waals surface area (Å²) in [5, 5.41) is 0. The van der Waals surface area contributed by atoms with Crippen LogP contribution in [0.3, 0.4) is 0 Å². The minimum atomic E-state index is -3.33. The summed E-state index contributed by atoms with van der Waals surface area (Å²) in [6.45, 7) is 2.37. The highest BCUT2D eigenvalue weighted by Gasteiger charge is 2.20. The van der Waals surface area contributed by atoms with Gasteiger partial charge in [0.25, 0.3) is 10.2 Å². The molecule has 4 nitrogen and oxygen atoms in total. The summed E-state index contributed by atoms with van der Waals surface area (Å²) in [5.74, 6) is 0. The highest BCUT2D eigenvalue weighted by atomic mass is 32.2. The maximum Gasteiger partial charge on any atom is 0.281 e. The molecule has 0 unspecified atom stereocenters. The number of aryl methyl sites for hydroxylation is 1. The van der Waals surface area contributed by atoms with E-state index in [4.69, 9.17) is 0 Å². The number of nitrogens with zero attached hydrogens (tertiary/aromatic N) is 2. The molecule has 0 N–H and O–H groups in total. The van der Waals surface area contributed by atoms with Gasteiger partial charge >= 0.3 is 0 Å². The first-order valence-corrected chi connectivity index (χ1v) is 6.43. The van der Waals surface area contributed by atoms with E-state index >= 15 is 0 Å². The van der Waals surface area contributed by atoms with Crippen LogP contribution in [0.2, 0.25) is 0 Å². The van der Waals surface area contributed by atoms with Gasteiger partial charge < -0.3 is 0 Å². The highest BCUT2D eigenvalue weighted by Crippen LogP contribution is 2.12. The molecule has 1 aromatic rings. The van der Waals surface area contributed by atoms with Crippen molar-refractivity contribution in [2.75, 3.05) is 21.1 Å². The van der Waals surface area contributed by atoms with Gasteiger partial charge in [-0.3, -0.25) is 0 Å². The van der Waals surface area contributed by atoms with Gasteiger partial charge in [0.2, 0.25) is 0 Å². The fourth-order valence-corrected chi connectivity index (χ4v) is 2.25. The van der Waals surface area contributed by atoms with E-state index in [0.717, 1.165) is 11.1 Å². The van der Waals surface area contributed by atoms with E-state index in [9.17, 15) is 8.42 Å². The molecule has 0 fully saturated rings. The van der Waals surface area contributed by atoms with E-state index in [-0.39, 0.29) is 0 Å². The lowest BCUT2D eigenvalue weighted by Gasteiger charge is -2.22. The quantitative estimate of drug-likeness (QED) is 0.797. The third-order valence-corrected chi connectivity index (χ3v) is 4.35. The Labute approximate surface area is 97.7 Å². The van der Waals surface area contributed by atoms with Crippen LogP contribution in [0, 0.1) is 6.92 Å². The first-order chi connectivity index (χ1) is 7.35. The van der Waals surface area contributed by atoms with E-state index in [1.165, 1.54) is 22.7 Å². The SMILES string of the molecule is Cc1ccccc1CN(C)S(=O)(=O)N(C)C. The van der Waals surface area contributed by atoms with Crippen LogP contribution in [0.1, 0.15) is 11.1 Å². The summed E-state index contributed by atoms with van der Waals surface area (Å²) in [6, 6.07) is 7.78. The summed E-state index contributed by atoms with van der Waals surface area (Å²) in [6.07, 6.45) is 0. The van der Waals surface area contributed by atoms with Crippen LogP contribution in [0.4, 0.5) is 0 Å². The minimum Gasteiger partial charge on any atom is -0.195 e. The number of benzene rings is 1. The molecule has 16 heavy (non-hydrogen) atoms. The lowest BCUT2D eigenvalue weighted by atomic mass is 10.1. The van der Waals surface area contributed by atoms with Crippen LogP contribution < -0.4 is 0 Å². The van der Waals surface area contributed by atoms with E-state index in [2.05, 4.69) is 0 Å². The normalized spacial score (nSPS) is 12.4. The van der Waals surface area contributed by atoms with Crippen molar-refractivity contribution < 1.29 is 8.42 Å². The molecule has 0 radical (unpaired) electrons. The third-order valence-electron chi connectivity index (χ3n) is 2.51. The fraction of sp³-hybridized carbons (Fsp3) is 0.455. The molecule has 0 bridgehead atoms. The van der Waals surface area contributed by atoms with Gasteiger partial charge in [-0.2, -0.15) is 17.0 Å². The smallest absolute Gasteiger partial charge is 0.195 e. The standard InChI is InChI=1S/C11H18N2O2S/c1-10-7-5-6-8-11(10)9-13(4)16(14,15)12(2)3/h5-8H,9H2,1-4H3. The average molecular weight is 242 g/mol. The van der Waals surface area contributed by atoms with Crippen molar-refractivity contribution in [3.05, 3.63) is 35.4 Å². The van der Waals surface area contributed by atoms with Gasteiger partial charge in [0.15, 0.2) is 0 Å². The zero-order valence-corrected chi connectivity index (χ0v) is 11.0. The molecule has 0 spiro atoms. The van der Waals surface area contributed by atoms with Crippen LogP contribution in [-0.2, 0) is 16.8 Å². The Balaban J connectivity index is 2.88. The monoisotopic (exact) mass is 242 g/mol. The molecular weight excluding hydrogens is 224 g/mol. The molecule has 5 heteroatoms. The summed E-state index contributed by atoms with van der Waals surface area (Å²) in [5.41, 5.74) is 2.12. The molecule has 0 aromatic heterocycles. The summed E-state index contributed by atoms with van der Waals surface area (Å²) in [4.78, 5) is 0. The molecule has 0 aliphatic rings. The largest absolute Gasteiger partial charge is 0.281 e. The minimum absolute atomic E-state index is 0.396. The second kappa shape index (κ2) is 4.95. The predicted molar refractivity (Wildman–Crippen MR) is 65.3 cm³/mol. The van der Waals surface area contributed by atoms with Crippen molar-refractivity contribution >= 4 is 10.2 Å². The Morgan fingerprint density at radius 3 is 2.19 bits per heavy atom. The van der Waals surface area contributed by atoms with Gasteiger partial charge in [0.1, 0.15) is 0 Å². The molecule has 0 amide bonds. The zero-order chi connectivity index (χ0) is 12.3. The molecule has 0 heterocycles. The van der Waals surface area contributed by atoms with Crippen LogP contribution in [0.25, 0.3) is 0 Å². The zero-order valence-electron chi connectivity index (χ0n) is 10.1. The second-order valence-corrected chi connectivity index (χ2v) is 6.22. The molecule has 0 aliphatic heterocycles. The maximum absolute atomic E-state index is 11.8. The Hall–Kier alpha value is -0.910. The van der Waals surface area contributed by atoms with Crippen LogP contribution in [0.5, 0.6) is 0 Å². The predicted octanol–water partition coefficient (Wildman–Crippen LogP) is 1.23. The van der Waals surface area contributed by atoms with Crippen molar-refractivity contribution in [3.63, 3.8) is 0 Å². The molecule has 90 valence electrons. The van der Waals surface area contributed by atoms with Crippen molar-refractivity contribution in [1.29, 1.82) is 0 Å². The van der Waals surface area contributed by atoms with E-state index < -0.39 is 10.2 Å². The van der Waals surface area contributed by atoms with Crippen LogP contribution in [0.15, 0.2) is 24.3 Å². The molecule has 0 aliphatic carbocycles.